The van der Waals surface area contributed by atoms with E-state index < -0.39 is 0 Å². The number of aromatic nitrogens is 2. The van der Waals surface area contributed by atoms with E-state index in [2.05, 4.69) is 10.3 Å². The van der Waals surface area contributed by atoms with Crippen LogP contribution in [0.15, 0.2) is 34.6 Å². The first kappa shape index (κ1) is 14.9. The summed E-state index contributed by atoms with van der Waals surface area (Å²) >= 11 is 7.52. The molecule has 2 aromatic heterocycles. The lowest BCUT2D eigenvalue weighted by Crippen LogP contribution is -2.14. The molecule has 0 fully saturated rings. The molecule has 0 atom stereocenters. The van der Waals surface area contributed by atoms with Crippen molar-refractivity contribution in [1.29, 1.82) is 0 Å². The van der Waals surface area contributed by atoms with E-state index in [1.54, 1.807) is 19.4 Å². The molecular weight excluding hydrogens is 322 g/mol. The molecular formula is C15H14ClN3O2S. The Bertz CT molecular complexity index is 888. The van der Waals surface area contributed by atoms with Crippen LogP contribution in [-0.4, -0.2) is 16.5 Å². The fourth-order valence-electron chi connectivity index (χ4n) is 2.13. The van der Waals surface area contributed by atoms with Gasteiger partial charge in [0.2, 0.25) is 0 Å². The third-order valence-electron chi connectivity index (χ3n) is 3.30. The minimum Gasteiger partial charge on any atom is -0.495 e. The largest absolute Gasteiger partial charge is 0.495 e. The highest BCUT2D eigenvalue weighted by atomic mass is 35.5. The number of methoxy groups -OCH3 is 1. The molecule has 114 valence electrons. The van der Waals surface area contributed by atoms with Gasteiger partial charge in [-0.3, -0.25) is 9.20 Å². The number of rotatable bonds is 4. The van der Waals surface area contributed by atoms with Crippen molar-refractivity contribution in [3.8, 4) is 5.75 Å². The van der Waals surface area contributed by atoms with E-state index in [0.29, 0.717) is 28.0 Å². The molecule has 5 nitrogen and oxygen atoms in total. The Morgan fingerprint density at radius 2 is 2.23 bits per heavy atom. The molecule has 0 bridgehead atoms. The number of anilines is 1. The molecule has 0 saturated carbocycles. The van der Waals surface area contributed by atoms with Crippen molar-refractivity contribution < 1.29 is 4.74 Å². The Hall–Kier alpha value is -2.05. The fourth-order valence-corrected chi connectivity index (χ4v) is 3.03. The topological polar surface area (TPSA) is 55.6 Å². The van der Waals surface area contributed by atoms with Crippen molar-refractivity contribution in [1.82, 2.24) is 9.38 Å². The number of ether oxygens (including phenoxy) is 1. The van der Waals surface area contributed by atoms with Gasteiger partial charge in [-0.05, 0) is 18.6 Å². The Labute approximate surface area is 136 Å². The summed E-state index contributed by atoms with van der Waals surface area (Å²) in [5, 5.41) is 5.73. The fraction of sp³-hybridized carbons (Fsp3) is 0.200. The van der Waals surface area contributed by atoms with Crippen LogP contribution in [0.25, 0.3) is 4.96 Å². The highest BCUT2D eigenvalue weighted by Crippen LogP contribution is 2.31. The number of nitrogens with zero attached hydrogens (tertiary/aromatic N) is 2. The van der Waals surface area contributed by atoms with Crippen LogP contribution in [0.4, 0.5) is 5.69 Å². The summed E-state index contributed by atoms with van der Waals surface area (Å²) in [5.74, 6) is 0.657. The first-order valence-electron chi connectivity index (χ1n) is 6.62. The van der Waals surface area contributed by atoms with Gasteiger partial charge in [-0.25, -0.2) is 4.98 Å². The van der Waals surface area contributed by atoms with E-state index in [-0.39, 0.29) is 5.56 Å². The minimum absolute atomic E-state index is 0.0812. The molecule has 0 saturated heterocycles. The molecule has 3 rings (SSSR count). The second-order valence-corrected chi connectivity index (χ2v) is 6.08. The van der Waals surface area contributed by atoms with Crippen LogP contribution >= 0.6 is 22.9 Å². The highest BCUT2D eigenvalue weighted by molar-refractivity contribution is 7.15. The molecule has 7 heteroatoms. The van der Waals surface area contributed by atoms with Gasteiger partial charge < -0.3 is 10.1 Å². The van der Waals surface area contributed by atoms with Crippen LogP contribution in [0.2, 0.25) is 5.02 Å². The number of hydrogen-bond donors (Lipinski definition) is 1. The van der Waals surface area contributed by atoms with Crippen molar-refractivity contribution in [2.75, 3.05) is 12.4 Å². The maximum Gasteiger partial charge on any atom is 0.258 e. The molecule has 0 aliphatic rings. The van der Waals surface area contributed by atoms with Crippen LogP contribution in [0.1, 0.15) is 11.3 Å². The number of fused-ring (bicyclic) bond motifs is 1. The summed E-state index contributed by atoms with van der Waals surface area (Å²) in [6.45, 7) is 2.36. The Kier molecular flexibility index (Phi) is 4.04. The molecule has 22 heavy (non-hydrogen) atoms. The summed E-state index contributed by atoms with van der Waals surface area (Å²) in [6.07, 6.45) is 1.72. The number of thiazole rings is 1. The molecule has 0 aliphatic heterocycles. The predicted octanol–water partition coefficient (Wildman–Crippen LogP) is 3.34. The number of aryl methyl sites for hydroxylation is 1. The van der Waals surface area contributed by atoms with Gasteiger partial charge in [-0.2, -0.15) is 0 Å². The molecule has 0 amide bonds. The van der Waals surface area contributed by atoms with Gasteiger partial charge >= 0.3 is 0 Å². The average Bonchev–Trinajstić information content (AvgIpc) is 2.97. The lowest BCUT2D eigenvalue weighted by atomic mass is 10.2. The van der Waals surface area contributed by atoms with Gasteiger partial charge in [0.1, 0.15) is 5.75 Å². The molecule has 0 aliphatic carbocycles. The van der Waals surface area contributed by atoms with Crippen LogP contribution in [0.5, 0.6) is 5.75 Å². The van der Waals surface area contributed by atoms with Gasteiger partial charge in [0.25, 0.3) is 5.56 Å². The van der Waals surface area contributed by atoms with Crippen molar-refractivity contribution in [2.45, 2.75) is 13.5 Å². The monoisotopic (exact) mass is 335 g/mol. The van der Waals surface area contributed by atoms with Gasteiger partial charge in [0.15, 0.2) is 4.96 Å². The molecule has 1 aromatic carbocycles. The Morgan fingerprint density at radius 3 is 3.00 bits per heavy atom. The third kappa shape index (κ3) is 2.80. The SMILES string of the molecule is COc1cc(Cl)c(C)cc1NCc1cc(=O)n2ccsc2n1. The summed E-state index contributed by atoms with van der Waals surface area (Å²) in [5.41, 5.74) is 2.37. The molecule has 2 heterocycles. The first-order chi connectivity index (χ1) is 10.6. The standard InChI is InChI=1S/C15H14ClN3O2S/c1-9-5-12(13(21-2)7-11(9)16)17-8-10-6-14(20)19-3-4-22-15(19)18-10/h3-7,17H,8H2,1-2H3. The number of nitrogens with one attached hydrogen (secondary N) is 1. The van der Waals surface area contributed by atoms with E-state index in [1.165, 1.54) is 21.8 Å². The van der Waals surface area contributed by atoms with Crippen LogP contribution < -0.4 is 15.6 Å². The van der Waals surface area contributed by atoms with Crippen LogP contribution in [0, 0.1) is 6.92 Å². The first-order valence-corrected chi connectivity index (χ1v) is 7.88. The van der Waals surface area contributed by atoms with Gasteiger partial charge in [0, 0.05) is 28.7 Å². The Balaban J connectivity index is 1.87. The van der Waals surface area contributed by atoms with Gasteiger partial charge in [-0.1, -0.05) is 11.6 Å². The van der Waals surface area contributed by atoms with E-state index in [0.717, 1.165) is 11.3 Å². The lowest BCUT2D eigenvalue weighted by molar-refractivity contribution is 0.416. The van der Waals surface area contributed by atoms with E-state index in [1.807, 2.05) is 18.4 Å². The molecule has 3 aromatic rings. The van der Waals surface area contributed by atoms with Crippen molar-refractivity contribution in [2.24, 2.45) is 0 Å². The Morgan fingerprint density at radius 1 is 1.41 bits per heavy atom. The smallest absolute Gasteiger partial charge is 0.258 e. The van der Waals surface area contributed by atoms with Crippen molar-refractivity contribution in [3.05, 3.63) is 56.4 Å². The van der Waals surface area contributed by atoms with Gasteiger partial charge in [-0.15, -0.1) is 11.3 Å². The van der Waals surface area contributed by atoms with Crippen LogP contribution in [-0.2, 0) is 6.54 Å². The summed E-state index contributed by atoms with van der Waals surface area (Å²) in [6, 6.07) is 5.21. The maximum absolute atomic E-state index is 12.0. The van der Waals surface area contributed by atoms with Crippen LogP contribution in [0.3, 0.4) is 0 Å². The maximum atomic E-state index is 12.0. The zero-order valence-electron chi connectivity index (χ0n) is 12.1. The third-order valence-corrected chi connectivity index (χ3v) is 4.46. The normalized spacial score (nSPS) is 10.9. The zero-order chi connectivity index (χ0) is 15.7. The quantitative estimate of drug-likeness (QED) is 0.794. The molecule has 1 N–H and O–H groups in total. The van der Waals surface area contributed by atoms with Crippen molar-refractivity contribution in [3.63, 3.8) is 0 Å². The molecule has 0 spiro atoms. The van der Waals surface area contributed by atoms with E-state index in [9.17, 15) is 4.79 Å². The van der Waals surface area contributed by atoms with E-state index in [4.69, 9.17) is 16.3 Å². The van der Waals surface area contributed by atoms with Crippen molar-refractivity contribution >= 4 is 33.6 Å². The summed E-state index contributed by atoms with van der Waals surface area (Å²) in [7, 11) is 1.59. The number of hydrogen-bond acceptors (Lipinski definition) is 5. The summed E-state index contributed by atoms with van der Waals surface area (Å²) < 4.78 is 6.85. The lowest BCUT2D eigenvalue weighted by Gasteiger charge is -2.13. The average molecular weight is 336 g/mol. The van der Waals surface area contributed by atoms with Gasteiger partial charge in [0.05, 0.1) is 25.0 Å². The molecule has 0 radical (unpaired) electrons. The highest BCUT2D eigenvalue weighted by Gasteiger charge is 2.08. The second-order valence-electron chi connectivity index (χ2n) is 4.80. The molecule has 0 unspecified atom stereocenters. The summed E-state index contributed by atoms with van der Waals surface area (Å²) in [4.78, 5) is 17.1. The predicted molar refractivity (Wildman–Crippen MR) is 89.4 cm³/mol. The number of benzene rings is 1. The minimum atomic E-state index is -0.0812. The second kappa shape index (κ2) is 5.98. The number of halogens is 1. The van der Waals surface area contributed by atoms with E-state index >= 15 is 0 Å². The zero-order valence-corrected chi connectivity index (χ0v) is 13.7.